The molecule has 0 saturated carbocycles. The van der Waals surface area contributed by atoms with Crippen molar-refractivity contribution in [3.8, 4) is 5.75 Å². The molecule has 118 valence electrons. The summed E-state index contributed by atoms with van der Waals surface area (Å²) >= 11 is 0. The zero-order valence-electron chi connectivity index (χ0n) is 13.4. The van der Waals surface area contributed by atoms with Crippen LogP contribution in [0.1, 0.15) is 45.6 Å². The van der Waals surface area contributed by atoms with Gasteiger partial charge < -0.3 is 15.7 Å². The standard InChI is InChI=1S/C17H28N2O2/c1-4-6-11-19(13(3)5-2)17(21)16(18)12-14-7-9-15(20)10-8-14/h7-10,13,16,20H,4-6,11-12,18H2,1-3H3/t13?,16-/m0/s1. The Morgan fingerprint density at radius 3 is 2.43 bits per heavy atom. The van der Waals surface area contributed by atoms with Crippen LogP contribution in [0, 0.1) is 0 Å². The summed E-state index contributed by atoms with van der Waals surface area (Å²) in [5.41, 5.74) is 7.06. The number of phenolic OH excluding ortho intramolecular Hbond substituents is 1. The van der Waals surface area contributed by atoms with E-state index in [9.17, 15) is 9.90 Å². The molecule has 2 atom stereocenters. The number of carbonyl (C=O) groups excluding carboxylic acids is 1. The number of rotatable bonds is 8. The van der Waals surface area contributed by atoms with Crippen molar-refractivity contribution in [2.75, 3.05) is 6.54 Å². The average molecular weight is 292 g/mol. The van der Waals surface area contributed by atoms with Crippen LogP contribution < -0.4 is 5.73 Å². The SMILES string of the molecule is CCCCN(C(=O)[C@@H](N)Cc1ccc(O)cc1)C(C)CC. The number of benzene rings is 1. The zero-order valence-corrected chi connectivity index (χ0v) is 13.4. The van der Waals surface area contributed by atoms with Crippen molar-refractivity contribution in [3.05, 3.63) is 29.8 Å². The van der Waals surface area contributed by atoms with Crippen molar-refractivity contribution >= 4 is 5.91 Å². The molecule has 4 nitrogen and oxygen atoms in total. The van der Waals surface area contributed by atoms with E-state index in [4.69, 9.17) is 5.73 Å². The molecule has 0 aliphatic heterocycles. The number of nitrogens with zero attached hydrogens (tertiary/aromatic N) is 1. The number of nitrogens with two attached hydrogens (primary N) is 1. The van der Waals surface area contributed by atoms with Gasteiger partial charge in [-0.05, 0) is 43.9 Å². The van der Waals surface area contributed by atoms with Gasteiger partial charge in [0.25, 0.3) is 0 Å². The minimum atomic E-state index is -0.527. The second kappa shape index (κ2) is 8.67. The van der Waals surface area contributed by atoms with Crippen molar-refractivity contribution in [2.24, 2.45) is 5.73 Å². The molecular formula is C17H28N2O2. The average Bonchev–Trinajstić information content (AvgIpc) is 2.49. The number of hydrogen-bond acceptors (Lipinski definition) is 3. The minimum Gasteiger partial charge on any atom is -0.508 e. The molecule has 0 spiro atoms. The Morgan fingerprint density at radius 1 is 1.29 bits per heavy atom. The van der Waals surface area contributed by atoms with Gasteiger partial charge in [0, 0.05) is 12.6 Å². The zero-order chi connectivity index (χ0) is 15.8. The second-order valence-electron chi connectivity index (χ2n) is 5.62. The Bertz CT molecular complexity index is 431. The summed E-state index contributed by atoms with van der Waals surface area (Å²) in [6.07, 6.45) is 3.50. The van der Waals surface area contributed by atoms with Gasteiger partial charge in [0.1, 0.15) is 5.75 Å². The molecule has 0 aliphatic rings. The fraction of sp³-hybridized carbons (Fsp3) is 0.588. The number of unbranched alkanes of at least 4 members (excludes halogenated alkanes) is 1. The van der Waals surface area contributed by atoms with E-state index in [1.165, 1.54) is 0 Å². The third-order valence-electron chi connectivity index (χ3n) is 3.87. The maximum Gasteiger partial charge on any atom is 0.240 e. The van der Waals surface area contributed by atoms with Crippen LogP contribution in [0.5, 0.6) is 5.75 Å². The van der Waals surface area contributed by atoms with Crippen LogP contribution in [-0.4, -0.2) is 34.5 Å². The first-order valence-electron chi connectivity index (χ1n) is 7.83. The molecule has 1 aromatic carbocycles. The van der Waals surface area contributed by atoms with Crippen LogP contribution in [0.2, 0.25) is 0 Å². The predicted octanol–water partition coefficient (Wildman–Crippen LogP) is 2.69. The molecule has 1 rings (SSSR count). The van der Waals surface area contributed by atoms with Gasteiger partial charge in [0.05, 0.1) is 6.04 Å². The van der Waals surface area contributed by atoms with Crippen LogP contribution in [0.4, 0.5) is 0 Å². The van der Waals surface area contributed by atoms with E-state index in [0.717, 1.165) is 31.4 Å². The van der Waals surface area contributed by atoms with Crippen LogP contribution >= 0.6 is 0 Å². The molecule has 4 heteroatoms. The highest BCUT2D eigenvalue weighted by Crippen LogP contribution is 2.13. The highest BCUT2D eigenvalue weighted by molar-refractivity contribution is 5.82. The first kappa shape index (κ1) is 17.5. The lowest BCUT2D eigenvalue weighted by molar-refractivity contribution is -0.134. The monoisotopic (exact) mass is 292 g/mol. The molecule has 0 aromatic heterocycles. The number of phenols is 1. The van der Waals surface area contributed by atoms with Gasteiger partial charge in [0.2, 0.25) is 5.91 Å². The summed E-state index contributed by atoms with van der Waals surface area (Å²) in [7, 11) is 0. The van der Waals surface area contributed by atoms with E-state index in [1.54, 1.807) is 12.1 Å². The highest BCUT2D eigenvalue weighted by Gasteiger charge is 2.24. The maximum atomic E-state index is 12.6. The molecule has 1 amide bonds. The van der Waals surface area contributed by atoms with Gasteiger partial charge in [-0.25, -0.2) is 0 Å². The summed E-state index contributed by atoms with van der Waals surface area (Å²) in [5, 5.41) is 9.28. The fourth-order valence-corrected chi connectivity index (χ4v) is 2.28. The maximum absolute atomic E-state index is 12.6. The number of hydrogen-bond donors (Lipinski definition) is 2. The lowest BCUT2D eigenvalue weighted by atomic mass is 10.0. The smallest absolute Gasteiger partial charge is 0.240 e. The van der Waals surface area contributed by atoms with Crippen LogP contribution in [0.15, 0.2) is 24.3 Å². The third kappa shape index (κ3) is 5.38. The molecule has 0 bridgehead atoms. The largest absolute Gasteiger partial charge is 0.508 e. The number of carbonyl (C=O) groups is 1. The molecule has 3 N–H and O–H groups in total. The summed E-state index contributed by atoms with van der Waals surface area (Å²) in [6.45, 7) is 7.05. The molecule has 0 saturated heterocycles. The van der Waals surface area contributed by atoms with E-state index < -0.39 is 6.04 Å². The molecule has 1 unspecified atom stereocenters. The van der Waals surface area contributed by atoms with Crippen LogP contribution in [0.25, 0.3) is 0 Å². The van der Waals surface area contributed by atoms with Crippen molar-refractivity contribution in [3.63, 3.8) is 0 Å². The highest BCUT2D eigenvalue weighted by atomic mass is 16.3. The van der Waals surface area contributed by atoms with Crippen molar-refractivity contribution in [1.82, 2.24) is 4.90 Å². The predicted molar refractivity (Wildman–Crippen MR) is 86.2 cm³/mol. The molecular weight excluding hydrogens is 264 g/mol. The third-order valence-corrected chi connectivity index (χ3v) is 3.87. The van der Waals surface area contributed by atoms with Gasteiger partial charge in [-0.2, -0.15) is 0 Å². The molecule has 0 heterocycles. The lowest BCUT2D eigenvalue weighted by Gasteiger charge is -2.31. The summed E-state index contributed by atoms with van der Waals surface area (Å²) in [4.78, 5) is 14.5. The van der Waals surface area contributed by atoms with E-state index >= 15 is 0 Å². The molecule has 0 fully saturated rings. The van der Waals surface area contributed by atoms with Gasteiger partial charge >= 0.3 is 0 Å². The Labute approximate surface area is 128 Å². The first-order chi connectivity index (χ1) is 9.99. The van der Waals surface area contributed by atoms with Gasteiger partial charge in [-0.1, -0.05) is 32.4 Å². The van der Waals surface area contributed by atoms with E-state index in [-0.39, 0.29) is 17.7 Å². The van der Waals surface area contributed by atoms with E-state index in [2.05, 4.69) is 20.8 Å². The molecule has 21 heavy (non-hydrogen) atoms. The van der Waals surface area contributed by atoms with Crippen LogP contribution in [-0.2, 0) is 11.2 Å². The Balaban J connectivity index is 2.70. The summed E-state index contributed by atoms with van der Waals surface area (Å²) in [6, 6.07) is 6.55. The lowest BCUT2D eigenvalue weighted by Crippen LogP contribution is -2.48. The number of aromatic hydroxyl groups is 1. The second-order valence-corrected chi connectivity index (χ2v) is 5.62. The fourth-order valence-electron chi connectivity index (χ4n) is 2.28. The molecule has 0 radical (unpaired) electrons. The molecule has 1 aromatic rings. The van der Waals surface area contributed by atoms with Crippen molar-refractivity contribution in [2.45, 2.75) is 58.5 Å². The summed E-state index contributed by atoms with van der Waals surface area (Å²) < 4.78 is 0. The minimum absolute atomic E-state index is 0.0193. The van der Waals surface area contributed by atoms with E-state index in [0.29, 0.717) is 6.42 Å². The van der Waals surface area contributed by atoms with Gasteiger partial charge in [0.15, 0.2) is 0 Å². The van der Waals surface area contributed by atoms with Gasteiger partial charge in [-0.15, -0.1) is 0 Å². The topological polar surface area (TPSA) is 66.6 Å². The van der Waals surface area contributed by atoms with Crippen molar-refractivity contribution < 1.29 is 9.90 Å². The number of amides is 1. The normalized spacial score (nSPS) is 13.7. The quantitative estimate of drug-likeness (QED) is 0.774. The Hall–Kier alpha value is -1.55. The summed E-state index contributed by atoms with van der Waals surface area (Å²) in [5.74, 6) is 0.244. The Kier molecular flexibility index (Phi) is 7.23. The van der Waals surface area contributed by atoms with E-state index in [1.807, 2.05) is 17.0 Å². The van der Waals surface area contributed by atoms with Crippen molar-refractivity contribution in [1.29, 1.82) is 0 Å². The van der Waals surface area contributed by atoms with Gasteiger partial charge in [-0.3, -0.25) is 4.79 Å². The first-order valence-corrected chi connectivity index (χ1v) is 7.83. The molecule has 0 aliphatic carbocycles. The Morgan fingerprint density at radius 2 is 1.90 bits per heavy atom. The van der Waals surface area contributed by atoms with Crippen LogP contribution in [0.3, 0.4) is 0 Å².